The van der Waals surface area contributed by atoms with Crippen LogP contribution in [0.1, 0.15) is 37.0 Å². The number of nitrogens with two attached hydrogens (primary N) is 1. The van der Waals surface area contributed by atoms with Crippen LogP contribution < -0.4 is 15.2 Å². The first-order valence-corrected chi connectivity index (χ1v) is 6.50. The van der Waals surface area contributed by atoms with Crippen molar-refractivity contribution in [3.63, 3.8) is 0 Å². The van der Waals surface area contributed by atoms with Crippen molar-refractivity contribution in [2.45, 2.75) is 45.1 Å². The van der Waals surface area contributed by atoms with Crippen LogP contribution in [0.3, 0.4) is 0 Å². The van der Waals surface area contributed by atoms with Crippen molar-refractivity contribution in [2.24, 2.45) is 5.73 Å². The van der Waals surface area contributed by atoms with E-state index in [2.05, 4.69) is 6.07 Å². The lowest BCUT2D eigenvalue weighted by Crippen LogP contribution is -2.34. The molecule has 100 valence electrons. The zero-order chi connectivity index (χ0) is 13.3. The maximum absolute atomic E-state index is 6.13. The van der Waals surface area contributed by atoms with E-state index in [0.29, 0.717) is 0 Å². The second-order valence-corrected chi connectivity index (χ2v) is 5.75. The largest absolute Gasteiger partial charge is 0.496 e. The van der Waals surface area contributed by atoms with Gasteiger partial charge in [-0.3, -0.25) is 0 Å². The molecular formula is C15H23NO2. The van der Waals surface area contributed by atoms with E-state index in [0.717, 1.165) is 36.3 Å². The fourth-order valence-corrected chi connectivity index (χ4v) is 2.83. The monoisotopic (exact) mass is 249 g/mol. The molecule has 0 atom stereocenters. The second kappa shape index (κ2) is 4.81. The van der Waals surface area contributed by atoms with E-state index in [1.54, 1.807) is 14.2 Å². The van der Waals surface area contributed by atoms with Crippen LogP contribution in [-0.4, -0.2) is 19.8 Å². The lowest BCUT2D eigenvalue weighted by Gasteiger charge is -2.23. The zero-order valence-electron chi connectivity index (χ0n) is 11.8. The predicted molar refractivity (Wildman–Crippen MR) is 73.5 cm³/mol. The minimum Gasteiger partial charge on any atom is -0.496 e. The normalized spacial score (nSPS) is 14.5. The average molecular weight is 249 g/mol. The van der Waals surface area contributed by atoms with Gasteiger partial charge in [0.25, 0.3) is 0 Å². The van der Waals surface area contributed by atoms with Crippen LogP contribution in [0.2, 0.25) is 0 Å². The minimum absolute atomic E-state index is 0.245. The van der Waals surface area contributed by atoms with Gasteiger partial charge in [0, 0.05) is 16.7 Å². The summed E-state index contributed by atoms with van der Waals surface area (Å²) in [6.07, 6.45) is 4.13. The molecule has 1 aliphatic rings. The molecule has 0 unspecified atom stereocenters. The molecule has 0 heterocycles. The van der Waals surface area contributed by atoms with Gasteiger partial charge in [0.05, 0.1) is 14.2 Å². The highest BCUT2D eigenvalue weighted by Crippen LogP contribution is 2.40. The molecule has 2 rings (SSSR count). The Kier molecular flexibility index (Phi) is 3.53. The van der Waals surface area contributed by atoms with Crippen molar-refractivity contribution in [3.05, 3.63) is 22.8 Å². The van der Waals surface area contributed by atoms with Crippen LogP contribution in [0.25, 0.3) is 0 Å². The van der Waals surface area contributed by atoms with E-state index in [-0.39, 0.29) is 5.54 Å². The Bertz CT molecular complexity index is 447. The van der Waals surface area contributed by atoms with E-state index < -0.39 is 0 Å². The molecule has 0 aliphatic heterocycles. The smallest absolute Gasteiger partial charge is 0.125 e. The highest BCUT2D eigenvalue weighted by molar-refractivity contribution is 5.56. The summed E-state index contributed by atoms with van der Waals surface area (Å²) in [5, 5.41) is 0. The Balaban J connectivity index is 2.52. The van der Waals surface area contributed by atoms with Gasteiger partial charge in [-0.2, -0.15) is 0 Å². The molecule has 0 spiro atoms. The molecule has 2 N–H and O–H groups in total. The third-order valence-electron chi connectivity index (χ3n) is 3.46. The summed E-state index contributed by atoms with van der Waals surface area (Å²) in [6.45, 7) is 4.07. The number of methoxy groups -OCH3 is 2. The molecule has 0 amide bonds. The Hall–Kier alpha value is -1.22. The van der Waals surface area contributed by atoms with Crippen molar-refractivity contribution in [2.75, 3.05) is 14.2 Å². The summed E-state index contributed by atoms with van der Waals surface area (Å²) >= 11 is 0. The molecule has 1 aliphatic carbocycles. The molecule has 0 saturated carbocycles. The molecule has 0 aromatic heterocycles. The molecule has 0 radical (unpaired) electrons. The van der Waals surface area contributed by atoms with Gasteiger partial charge >= 0.3 is 0 Å². The van der Waals surface area contributed by atoms with Crippen molar-refractivity contribution in [1.29, 1.82) is 0 Å². The van der Waals surface area contributed by atoms with E-state index in [1.165, 1.54) is 17.5 Å². The zero-order valence-corrected chi connectivity index (χ0v) is 11.8. The van der Waals surface area contributed by atoms with Crippen LogP contribution in [0.5, 0.6) is 11.5 Å². The summed E-state index contributed by atoms with van der Waals surface area (Å²) in [4.78, 5) is 0. The van der Waals surface area contributed by atoms with E-state index in [4.69, 9.17) is 15.2 Å². The minimum atomic E-state index is -0.245. The quantitative estimate of drug-likeness (QED) is 0.891. The van der Waals surface area contributed by atoms with E-state index in [9.17, 15) is 0 Å². The molecule has 3 heteroatoms. The first-order valence-electron chi connectivity index (χ1n) is 6.50. The topological polar surface area (TPSA) is 44.5 Å². The molecule has 1 aromatic carbocycles. The summed E-state index contributed by atoms with van der Waals surface area (Å²) < 4.78 is 11.1. The summed E-state index contributed by atoms with van der Waals surface area (Å²) in [7, 11) is 3.48. The fourth-order valence-electron chi connectivity index (χ4n) is 2.83. The van der Waals surface area contributed by atoms with Gasteiger partial charge in [0.15, 0.2) is 0 Å². The fraction of sp³-hybridized carbons (Fsp3) is 0.600. The van der Waals surface area contributed by atoms with Gasteiger partial charge in [0.2, 0.25) is 0 Å². The molecule has 0 fully saturated rings. The van der Waals surface area contributed by atoms with Gasteiger partial charge in [-0.1, -0.05) is 0 Å². The maximum atomic E-state index is 6.13. The van der Waals surface area contributed by atoms with Crippen molar-refractivity contribution in [1.82, 2.24) is 0 Å². The second-order valence-electron chi connectivity index (χ2n) is 5.75. The lowest BCUT2D eigenvalue weighted by molar-refractivity contribution is 0.387. The SMILES string of the molecule is COc1cc(CC(C)(C)N)c(OC)c2c1CCC2. The molecule has 1 aromatic rings. The standard InChI is InChI=1S/C15H23NO2/c1-15(2,16)9-10-8-13(17-3)11-6-5-7-12(11)14(10)18-4/h8H,5-7,9,16H2,1-4H3. The summed E-state index contributed by atoms with van der Waals surface area (Å²) in [5.41, 5.74) is 9.67. The van der Waals surface area contributed by atoms with Crippen molar-refractivity contribution < 1.29 is 9.47 Å². The first kappa shape index (κ1) is 13.2. The van der Waals surface area contributed by atoms with E-state index >= 15 is 0 Å². The number of fused-ring (bicyclic) bond motifs is 1. The number of hydrogen-bond acceptors (Lipinski definition) is 3. The summed E-state index contributed by atoms with van der Waals surface area (Å²) in [6, 6.07) is 2.09. The van der Waals surface area contributed by atoms with Crippen LogP contribution in [0.4, 0.5) is 0 Å². The van der Waals surface area contributed by atoms with Gasteiger partial charge < -0.3 is 15.2 Å². The number of rotatable bonds is 4. The summed E-state index contributed by atoms with van der Waals surface area (Å²) in [5.74, 6) is 2.00. The van der Waals surface area contributed by atoms with Gasteiger partial charge in [-0.05, 0) is 51.2 Å². The molecule has 18 heavy (non-hydrogen) atoms. The van der Waals surface area contributed by atoms with Crippen LogP contribution >= 0.6 is 0 Å². The van der Waals surface area contributed by atoms with E-state index in [1.807, 2.05) is 13.8 Å². The van der Waals surface area contributed by atoms with Crippen molar-refractivity contribution >= 4 is 0 Å². The van der Waals surface area contributed by atoms with Crippen LogP contribution in [-0.2, 0) is 19.3 Å². The lowest BCUT2D eigenvalue weighted by atomic mass is 9.92. The van der Waals surface area contributed by atoms with Gasteiger partial charge in [0.1, 0.15) is 11.5 Å². The van der Waals surface area contributed by atoms with Crippen molar-refractivity contribution in [3.8, 4) is 11.5 Å². The Morgan fingerprint density at radius 1 is 1.17 bits per heavy atom. The number of hydrogen-bond donors (Lipinski definition) is 1. The maximum Gasteiger partial charge on any atom is 0.125 e. The number of benzene rings is 1. The van der Waals surface area contributed by atoms with Crippen LogP contribution in [0.15, 0.2) is 6.07 Å². The molecule has 0 saturated heterocycles. The highest BCUT2D eigenvalue weighted by Gasteiger charge is 2.25. The van der Waals surface area contributed by atoms with Gasteiger partial charge in [-0.15, -0.1) is 0 Å². The van der Waals surface area contributed by atoms with Crippen LogP contribution in [0, 0.1) is 0 Å². The highest BCUT2D eigenvalue weighted by atomic mass is 16.5. The first-order chi connectivity index (χ1) is 8.46. The molecular weight excluding hydrogens is 226 g/mol. The Morgan fingerprint density at radius 2 is 1.83 bits per heavy atom. The average Bonchev–Trinajstić information content (AvgIpc) is 2.74. The Labute approximate surface area is 109 Å². The predicted octanol–water partition coefficient (Wildman–Crippen LogP) is 2.47. The molecule has 0 bridgehead atoms. The molecule has 3 nitrogen and oxygen atoms in total. The Morgan fingerprint density at radius 3 is 2.39 bits per heavy atom. The van der Waals surface area contributed by atoms with Gasteiger partial charge in [-0.25, -0.2) is 0 Å². The number of ether oxygens (including phenoxy) is 2. The third-order valence-corrected chi connectivity index (χ3v) is 3.46. The third kappa shape index (κ3) is 2.46.